The highest BCUT2D eigenvalue weighted by Gasteiger charge is 2.04. The van der Waals surface area contributed by atoms with Gasteiger partial charge in [-0.25, -0.2) is 4.79 Å². The van der Waals surface area contributed by atoms with Crippen molar-refractivity contribution in [2.24, 2.45) is 0 Å². The second kappa shape index (κ2) is 6.86. The molecule has 3 nitrogen and oxygen atoms in total. The number of carbonyl (C=O) groups excluding carboxylic acids is 1. The van der Waals surface area contributed by atoms with E-state index in [9.17, 15) is 9.90 Å². The molecule has 0 aliphatic carbocycles. The molecule has 1 aromatic carbocycles. The highest BCUT2D eigenvalue weighted by molar-refractivity contribution is 5.82. The third-order valence-corrected chi connectivity index (χ3v) is 2.09. The van der Waals surface area contributed by atoms with E-state index in [0.29, 0.717) is 6.42 Å². The van der Waals surface area contributed by atoms with Crippen molar-refractivity contribution in [3.63, 3.8) is 0 Å². The van der Waals surface area contributed by atoms with E-state index >= 15 is 0 Å². The molecular weight excluding hydrogens is 216 g/mol. The van der Waals surface area contributed by atoms with Gasteiger partial charge in [0.15, 0.2) is 0 Å². The molecule has 1 rings (SSSR count). The topological polar surface area (TPSA) is 46.5 Å². The van der Waals surface area contributed by atoms with Crippen LogP contribution in [0.2, 0.25) is 0 Å². The van der Waals surface area contributed by atoms with Gasteiger partial charge in [-0.05, 0) is 25.5 Å². The number of hydrogen-bond donors (Lipinski definition) is 1. The van der Waals surface area contributed by atoms with Crippen LogP contribution in [0.1, 0.15) is 19.4 Å². The van der Waals surface area contributed by atoms with Crippen LogP contribution in [-0.2, 0) is 16.0 Å². The van der Waals surface area contributed by atoms with Gasteiger partial charge in [0.1, 0.15) is 0 Å². The van der Waals surface area contributed by atoms with E-state index in [1.807, 2.05) is 30.3 Å². The van der Waals surface area contributed by atoms with Gasteiger partial charge < -0.3 is 9.84 Å². The van der Waals surface area contributed by atoms with Crippen LogP contribution in [0.3, 0.4) is 0 Å². The van der Waals surface area contributed by atoms with Crippen molar-refractivity contribution in [2.45, 2.75) is 32.5 Å². The minimum absolute atomic E-state index is 0.140. The van der Waals surface area contributed by atoms with Crippen molar-refractivity contribution in [2.75, 3.05) is 0 Å². The van der Waals surface area contributed by atoms with E-state index in [4.69, 9.17) is 4.74 Å². The first-order chi connectivity index (χ1) is 8.08. The number of rotatable bonds is 5. The van der Waals surface area contributed by atoms with Crippen molar-refractivity contribution < 1.29 is 14.6 Å². The van der Waals surface area contributed by atoms with E-state index in [2.05, 4.69) is 0 Å². The molecule has 3 heteroatoms. The average molecular weight is 234 g/mol. The van der Waals surface area contributed by atoms with Crippen LogP contribution in [0.15, 0.2) is 42.5 Å². The lowest BCUT2D eigenvalue weighted by molar-refractivity contribution is -0.141. The van der Waals surface area contributed by atoms with Gasteiger partial charge in [0.2, 0.25) is 0 Å². The lowest BCUT2D eigenvalue weighted by atomic mass is 10.1. The minimum Gasteiger partial charge on any atom is -0.460 e. The fourth-order valence-corrected chi connectivity index (χ4v) is 1.38. The number of carbonyl (C=O) groups is 1. The lowest BCUT2D eigenvalue weighted by Crippen LogP contribution is -2.11. The summed E-state index contributed by atoms with van der Waals surface area (Å²) in [5.41, 5.74) is 1.03. The van der Waals surface area contributed by atoms with Crippen molar-refractivity contribution in [3.05, 3.63) is 48.0 Å². The summed E-state index contributed by atoms with van der Waals surface area (Å²) in [6.07, 6.45) is 2.41. The van der Waals surface area contributed by atoms with Crippen LogP contribution in [0.4, 0.5) is 0 Å². The summed E-state index contributed by atoms with van der Waals surface area (Å²) in [5, 5.41) is 9.69. The Hall–Kier alpha value is -1.61. The Morgan fingerprint density at radius 3 is 2.59 bits per heavy atom. The second-order valence-corrected chi connectivity index (χ2v) is 4.10. The van der Waals surface area contributed by atoms with Crippen molar-refractivity contribution >= 4 is 5.97 Å². The smallest absolute Gasteiger partial charge is 0.330 e. The molecular formula is C14H18O3. The summed E-state index contributed by atoms with van der Waals surface area (Å²) in [5.74, 6) is -0.424. The maximum atomic E-state index is 11.2. The molecule has 92 valence electrons. The van der Waals surface area contributed by atoms with Gasteiger partial charge in [0, 0.05) is 12.5 Å². The van der Waals surface area contributed by atoms with Gasteiger partial charge in [0.05, 0.1) is 12.2 Å². The van der Waals surface area contributed by atoms with Crippen LogP contribution < -0.4 is 0 Å². The summed E-state index contributed by atoms with van der Waals surface area (Å²) in [7, 11) is 0. The Labute approximate surface area is 102 Å². The Kier molecular flexibility index (Phi) is 5.43. The van der Waals surface area contributed by atoms with Gasteiger partial charge in [-0.2, -0.15) is 0 Å². The first kappa shape index (κ1) is 13.5. The van der Waals surface area contributed by atoms with Crippen LogP contribution in [0.25, 0.3) is 0 Å². The third kappa shape index (κ3) is 5.88. The monoisotopic (exact) mass is 234 g/mol. The van der Waals surface area contributed by atoms with Crippen molar-refractivity contribution in [1.82, 2.24) is 0 Å². The van der Waals surface area contributed by atoms with Crippen LogP contribution in [-0.4, -0.2) is 23.3 Å². The zero-order chi connectivity index (χ0) is 12.7. The standard InChI is InChI=1S/C14H18O3/c1-11(2)17-14(16)9-8-13(15)10-12-6-4-3-5-7-12/h3-9,11,13,15H,10H2,1-2H3/b9-8+. The Bertz CT molecular complexity index is 368. The van der Waals surface area contributed by atoms with E-state index < -0.39 is 12.1 Å². The highest BCUT2D eigenvalue weighted by Crippen LogP contribution is 2.04. The number of aliphatic hydroxyl groups excluding tert-OH is 1. The Balaban J connectivity index is 2.41. The number of aliphatic hydroxyl groups is 1. The molecule has 0 saturated heterocycles. The van der Waals surface area contributed by atoms with E-state index in [-0.39, 0.29) is 6.10 Å². The Morgan fingerprint density at radius 2 is 2.00 bits per heavy atom. The van der Waals surface area contributed by atoms with Gasteiger partial charge in [-0.1, -0.05) is 30.3 Å². The van der Waals surface area contributed by atoms with E-state index in [0.717, 1.165) is 5.56 Å². The molecule has 0 heterocycles. The second-order valence-electron chi connectivity index (χ2n) is 4.10. The average Bonchev–Trinajstić information content (AvgIpc) is 2.27. The molecule has 0 radical (unpaired) electrons. The first-order valence-electron chi connectivity index (χ1n) is 5.68. The summed E-state index contributed by atoms with van der Waals surface area (Å²) in [6, 6.07) is 9.62. The third-order valence-electron chi connectivity index (χ3n) is 2.09. The molecule has 0 saturated carbocycles. The van der Waals surface area contributed by atoms with Crippen LogP contribution in [0.5, 0.6) is 0 Å². The molecule has 0 aromatic heterocycles. The minimum atomic E-state index is -0.669. The van der Waals surface area contributed by atoms with E-state index in [1.54, 1.807) is 13.8 Å². The van der Waals surface area contributed by atoms with Crippen molar-refractivity contribution in [1.29, 1.82) is 0 Å². The molecule has 0 aliphatic heterocycles. The molecule has 1 aromatic rings. The maximum absolute atomic E-state index is 11.2. The fraction of sp³-hybridized carbons (Fsp3) is 0.357. The molecule has 1 atom stereocenters. The summed E-state index contributed by atoms with van der Waals surface area (Å²) >= 11 is 0. The van der Waals surface area contributed by atoms with Crippen LogP contribution in [0, 0.1) is 0 Å². The van der Waals surface area contributed by atoms with Crippen LogP contribution >= 0.6 is 0 Å². The molecule has 0 amide bonds. The molecule has 1 unspecified atom stereocenters. The lowest BCUT2D eigenvalue weighted by Gasteiger charge is -2.06. The molecule has 0 aliphatic rings. The number of esters is 1. The predicted molar refractivity (Wildman–Crippen MR) is 66.5 cm³/mol. The number of hydrogen-bond acceptors (Lipinski definition) is 3. The summed E-state index contributed by atoms with van der Waals surface area (Å²) in [6.45, 7) is 3.57. The van der Waals surface area contributed by atoms with Gasteiger partial charge in [0.25, 0.3) is 0 Å². The van der Waals surface area contributed by atoms with Gasteiger partial charge in [-0.15, -0.1) is 0 Å². The molecule has 0 fully saturated rings. The van der Waals surface area contributed by atoms with Gasteiger partial charge in [-0.3, -0.25) is 0 Å². The molecule has 17 heavy (non-hydrogen) atoms. The van der Waals surface area contributed by atoms with Gasteiger partial charge >= 0.3 is 5.97 Å². The predicted octanol–water partition coefficient (Wildman–Crippen LogP) is 2.10. The summed E-state index contributed by atoms with van der Waals surface area (Å²) < 4.78 is 4.91. The zero-order valence-electron chi connectivity index (χ0n) is 10.2. The highest BCUT2D eigenvalue weighted by atomic mass is 16.5. The molecule has 1 N–H and O–H groups in total. The molecule has 0 bridgehead atoms. The zero-order valence-corrected chi connectivity index (χ0v) is 10.2. The Morgan fingerprint density at radius 1 is 1.35 bits per heavy atom. The normalized spacial score (nSPS) is 12.9. The maximum Gasteiger partial charge on any atom is 0.330 e. The van der Waals surface area contributed by atoms with E-state index in [1.165, 1.54) is 12.2 Å². The molecule has 0 spiro atoms. The first-order valence-corrected chi connectivity index (χ1v) is 5.68. The van der Waals surface area contributed by atoms with Crippen molar-refractivity contribution in [3.8, 4) is 0 Å². The SMILES string of the molecule is CC(C)OC(=O)/C=C/C(O)Cc1ccccc1. The quantitative estimate of drug-likeness (QED) is 0.627. The largest absolute Gasteiger partial charge is 0.460 e. The summed E-state index contributed by atoms with van der Waals surface area (Å²) in [4.78, 5) is 11.2. The fourth-order valence-electron chi connectivity index (χ4n) is 1.38. The number of benzene rings is 1. The number of ether oxygens (including phenoxy) is 1.